The van der Waals surface area contributed by atoms with Crippen molar-refractivity contribution in [3.63, 3.8) is 0 Å². The number of carbonyl (C=O) groups is 2. The third kappa shape index (κ3) is 3.15. The first-order chi connectivity index (χ1) is 14.4. The molecule has 1 N–H and O–H groups in total. The Morgan fingerprint density at radius 2 is 1.97 bits per heavy atom. The fraction of sp³-hybridized carbons (Fsp3) is 0. The van der Waals surface area contributed by atoms with Gasteiger partial charge in [0.15, 0.2) is 0 Å². The second kappa shape index (κ2) is 7.53. The third-order valence-electron chi connectivity index (χ3n) is 4.58. The number of carboxylic acids is 1. The van der Waals surface area contributed by atoms with E-state index in [0.717, 1.165) is 10.7 Å². The Bertz CT molecular complexity index is 1350. The van der Waals surface area contributed by atoms with Crippen LogP contribution in [-0.2, 0) is 0 Å². The number of halogens is 2. The lowest BCUT2D eigenvalue weighted by Crippen LogP contribution is -2.15. The van der Waals surface area contributed by atoms with Gasteiger partial charge in [0.25, 0.3) is 5.91 Å². The van der Waals surface area contributed by atoms with Gasteiger partial charge in [-0.15, -0.1) is 0 Å². The zero-order chi connectivity index (χ0) is 21.4. The highest BCUT2D eigenvalue weighted by Gasteiger charge is 2.24. The molecule has 6 nitrogen and oxygen atoms in total. The van der Waals surface area contributed by atoms with Crippen LogP contribution in [0.4, 0.5) is 4.39 Å². The highest BCUT2D eigenvalue weighted by molar-refractivity contribution is 6.34. The predicted molar refractivity (Wildman–Crippen MR) is 111 cm³/mol. The Balaban J connectivity index is 1.94. The van der Waals surface area contributed by atoms with E-state index in [9.17, 15) is 14.0 Å². The molecular formula is C22H13ClFN3O3. The maximum Gasteiger partial charge on any atom is 0.335 e. The van der Waals surface area contributed by atoms with Crippen LogP contribution in [-0.4, -0.2) is 31.7 Å². The van der Waals surface area contributed by atoms with E-state index in [1.54, 1.807) is 30.3 Å². The zero-order valence-corrected chi connectivity index (χ0v) is 16.1. The number of pyridine rings is 1. The monoisotopic (exact) mass is 421 g/mol. The van der Waals surface area contributed by atoms with Crippen molar-refractivity contribution in [3.05, 3.63) is 88.8 Å². The Morgan fingerprint density at radius 1 is 1.17 bits per heavy atom. The first-order valence-corrected chi connectivity index (χ1v) is 9.12. The van der Waals surface area contributed by atoms with E-state index >= 15 is 0 Å². The number of aromatic nitrogens is 3. The number of fused-ring (bicyclic) bond motifs is 1. The first-order valence-electron chi connectivity index (χ1n) is 8.75. The number of benzene rings is 2. The molecule has 0 unspecified atom stereocenters. The van der Waals surface area contributed by atoms with Crippen molar-refractivity contribution >= 4 is 40.6 Å². The quantitative estimate of drug-likeness (QED) is 0.505. The van der Waals surface area contributed by atoms with Gasteiger partial charge in [-0.3, -0.25) is 9.78 Å². The molecule has 30 heavy (non-hydrogen) atoms. The molecule has 0 radical (unpaired) electrons. The average Bonchev–Trinajstić information content (AvgIpc) is 3.12. The van der Waals surface area contributed by atoms with E-state index in [4.69, 9.17) is 16.7 Å². The molecule has 8 heteroatoms. The number of hydrogen-bond donors (Lipinski definition) is 1. The average molecular weight is 422 g/mol. The van der Waals surface area contributed by atoms with Gasteiger partial charge in [0.05, 0.1) is 21.7 Å². The smallest absolute Gasteiger partial charge is 0.335 e. The normalized spacial score (nSPS) is 10.9. The van der Waals surface area contributed by atoms with Crippen molar-refractivity contribution in [2.75, 3.05) is 0 Å². The van der Waals surface area contributed by atoms with Crippen molar-refractivity contribution in [1.82, 2.24) is 14.8 Å². The Kier molecular flexibility index (Phi) is 4.89. The minimum atomic E-state index is -1.25. The van der Waals surface area contributed by atoms with Crippen LogP contribution in [0, 0.1) is 5.82 Å². The van der Waals surface area contributed by atoms with E-state index in [1.165, 1.54) is 24.4 Å². The van der Waals surface area contributed by atoms with Crippen molar-refractivity contribution in [2.45, 2.75) is 0 Å². The molecule has 0 atom stereocenters. The summed E-state index contributed by atoms with van der Waals surface area (Å²) in [6.45, 7) is 3.71. The van der Waals surface area contributed by atoms with Crippen LogP contribution in [0.1, 0.15) is 26.3 Å². The number of hydrogen-bond acceptors (Lipinski definition) is 4. The summed E-state index contributed by atoms with van der Waals surface area (Å²) >= 11 is 6.26. The molecule has 2 aromatic heterocycles. The van der Waals surface area contributed by atoms with Gasteiger partial charge < -0.3 is 5.11 Å². The van der Waals surface area contributed by atoms with Crippen LogP contribution in [0.3, 0.4) is 0 Å². The van der Waals surface area contributed by atoms with Gasteiger partial charge in [-0.05, 0) is 42.0 Å². The van der Waals surface area contributed by atoms with Gasteiger partial charge in [-0.1, -0.05) is 36.4 Å². The SMILES string of the molecule is C=Cc1cccc(Cl)c1C(=O)n1nc(-c2ccc(C(=O)O)cc2F)c2ncccc21. The van der Waals surface area contributed by atoms with Crippen molar-refractivity contribution in [1.29, 1.82) is 0 Å². The van der Waals surface area contributed by atoms with E-state index in [0.29, 0.717) is 16.6 Å². The van der Waals surface area contributed by atoms with Crippen LogP contribution < -0.4 is 0 Å². The predicted octanol–water partition coefficient (Wildman–Crippen LogP) is 4.92. The fourth-order valence-corrected chi connectivity index (χ4v) is 3.43. The molecule has 0 saturated heterocycles. The molecule has 0 aliphatic carbocycles. The molecule has 0 bridgehead atoms. The molecule has 148 valence electrons. The summed E-state index contributed by atoms with van der Waals surface area (Å²) in [6.07, 6.45) is 3.00. The molecule has 0 spiro atoms. The van der Waals surface area contributed by atoms with Gasteiger partial charge in [0.2, 0.25) is 0 Å². The fourth-order valence-electron chi connectivity index (χ4n) is 3.17. The lowest BCUT2D eigenvalue weighted by Gasteiger charge is -2.08. The Hall–Kier alpha value is -3.84. The van der Waals surface area contributed by atoms with Gasteiger partial charge in [0.1, 0.15) is 17.0 Å². The maximum atomic E-state index is 14.7. The van der Waals surface area contributed by atoms with Gasteiger partial charge in [0, 0.05) is 11.8 Å². The summed E-state index contributed by atoms with van der Waals surface area (Å²) in [5, 5.41) is 13.6. The van der Waals surface area contributed by atoms with Gasteiger partial charge in [-0.2, -0.15) is 9.78 Å². The van der Waals surface area contributed by atoms with Gasteiger partial charge >= 0.3 is 5.97 Å². The highest BCUT2D eigenvalue weighted by Crippen LogP contribution is 2.30. The van der Waals surface area contributed by atoms with E-state index in [2.05, 4.69) is 16.7 Å². The lowest BCUT2D eigenvalue weighted by atomic mass is 10.1. The number of carboxylic acid groups (broad SMARTS) is 1. The summed E-state index contributed by atoms with van der Waals surface area (Å²) in [5.74, 6) is -2.56. The summed E-state index contributed by atoms with van der Waals surface area (Å²) in [5.41, 5.74) is 1.32. The highest BCUT2D eigenvalue weighted by atomic mass is 35.5. The number of carbonyl (C=O) groups excluding carboxylic acids is 1. The molecule has 0 fully saturated rings. The molecule has 0 aliphatic heterocycles. The summed E-state index contributed by atoms with van der Waals surface area (Å²) < 4.78 is 15.8. The summed E-state index contributed by atoms with van der Waals surface area (Å²) in [4.78, 5) is 28.6. The van der Waals surface area contributed by atoms with Crippen molar-refractivity contribution < 1.29 is 19.1 Å². The van der Waals surface area contributed by atoms with Crippen LogP contribution in [0.2, 0.25) is 5.02 Å². The van der Waals surface area contributed by atoms with Gasteiger partial charge in [-0.25, -0.2) is 9.18 Å². The first kappa shape index (κ1) is 19.5. The summed E-state index contributed by atoms with van der Waals surface area (Å²) in [6, 6.07) is 11.7. The van der Waals surface area contributed by atoms with Crippen molar-refractivity contribution in [2.24, 2.45) is 0 Å². The molecule has 2 aromatic carbocycles. The van der Waals surface area contributed by atoms with Crippen LogP contribution >= 0.6 is 11.6 Å². The minimum Gasteiger partial charge on any atom is -0.478 e. The summed E-state index contributed by atoms with van der Waals surface area (Å²) in [7, 11) is 0. The minimum absolute atomic E-state index is 0.0263. The Morgan fingerprint density at radius 3 is 2.67 bits per heavy atom. The molecule has 0 amide bonds. The van der Waals surface area contributed by atoms with E-state index in [1.807, 2.05) is 0 Å². The zero-order valence-electron chi connectivity index (χ0n) is 15.3. The number of rotatable bonds is 4. The lowest BCUT2D eigenvalue weighted by molar-refractivity contribution is 0.0696. The molecule has 2 heterocycles. The topological polar surface area (TPSA) is 85.1 Å². The largest absolute Gasteiger partial charge is 0.478 e. The second-order valence-corrected chi connectivity index (χ2v) is 6.75. The second-order valence-electron chi connectivity index (χ2n) is 6.34. The molecule has 4 rings (SSSR count). The number of nitrogens with zero attached hydrogens (tertiary/aromatic N) is 3. The van der Waals surface area contributed by atoms with E-state index in [-0.39, 0.29) is 27.4 Å². The Labute approximate surface area is 174 Å². The van der Waals surface area contributed by atoms with E-state index < -0.39 is 17.7 Å². The van der Waals surface area contributed by atoms with Crippen molar-refractivity contribution in [3.8, 4) is 11.3 Å². The molecular weight excluding hydrogens is 409 g/mol. The molecule has 4 aromatic rings. The number of aromatic carboxylic acids is 1. The van der Waals surface area contributed by atoms with Crippen LogP contribution in [0.25, 0.3) is 28.4 Å². The molecule has 0 aliphatic rings. The third-order valence-corrected chi connectivity index (χ3v) is 4.90. The maximum absolute atomic E-state index is 14.7. The molecule has 0 saturated carbocycles. The van der Waals surface area contributed by atoms with Crippen LogP contribution in [0.15, 0.2) is 61.3 Å². The standard InChI is InChI=1S/C22H13ClFN3O3/c1-2-12-5-3-6-15(23)18(12)21(28)27-17-7-4-10-25-20(17)19(26-27)14-9-8-13(22(29)30)11-16(14)24/h2-11H,1H2,(H,29,30). The van der Waals surface area contributed by atoms with Crippen LogP contribution in [0.5, 0.6) is 0 Å².